The number of thiazole rings is 1. The van der Waals surface area contributed by atoms with Gasteiger partial charge in [0.25, 0.3) is 5.88 Å². The molecule has 0 unspecified atom stereocenters. The van der Waals surface area contributed by atoms with Gasteiger partial charge in [0, 0.05) is 21.7 Å². The fraction of sp³-hybridized carbons (Fsp3) is 0.750. The molecule has 0 spiro atoms. The first kappa shape index (κ1) is 15.3. The van der Waals surface area contributed by atoms with E-state index in [0.717, 1.165) is 5.06 Å². The van der Waals surface area contributed by atoms with Crippen LogP contribution < -0.4 is 14.4 Å². The van der Waals surface area contributed by atoms with Crippen molar-refractivity contribution in [2.75, 3.05) is 0 Å². The lowest BCUT2D eigenvalue weighted by Crippen LogP contribution is -2.35. The molecule has 104 valence electrons. The fourth-order valence-corrected chi connectivity index (χ4v) is 2.00. The lowest BCUT2D eigenvalue weighted by atomic mass is 10.2. The van der Waals surface area contributed by atoms with Gasteiger partial charge in [0.2, 0.25) is 10.9 Å². The monoisotopic (exact) mass is 272 g/mol. The lowest BCUT2D eigenvalue weighted by Gasteiger charge is -2.28. The van der Waals surface area contributed by atoms with E-state index in [-0.39, 0.29) is 20.1 Å². The predicted octanol–water partition coefficient (Wildman–Crippen LogP) is 1.46. The van der Waals surface area contributed by atoms with Crippen LogP contribution in [0.25, 0.3) is 0 Å². The minimum Gasteiger partial charge on any atom is -0.477 e. The largest absolute Gasteiger partial charge is 0.477 e. The highest BCUT2D eigenvalue weighted by Gasteiger charge is 2.25. The van der Waals surface area contributed by atoms with E-state index in [2.05, 4.69) is 4.98 Å². The van der Waals surface area contributed by atoms with Crippen LogP contribution in [0.1, 0.15) is 41.5 Å². The van der Waals surface area contributed by atoms with E-state index in [1.807, 2.05) is 41.5 Å². The highest BCUT2D eigenvalue weighted by atomic mass is 32.1. The van der Waals surface area contributed by atoms with E-state index in [4.69, 9.17) is 14.2 Å². The molecular weight excluding hydrogens is 249 g/mol. The Morgan fingerprint density at radius 2 is 1.78 bits per heavy atom. The topological polar surface area (TPSA) is 40.6 Å². The molecule has 0 aliphatic carbocycles. The van der Waals surface area contributed by atoms with Crippen LogP contribution in [0.2, 0.25) is 0 Å². The molecule has 0 aliphatic heterocycles. The maximum Gasteiger partial charge on any atom is 0.268 e. The Labute approximate surface area is 114 Å². The van der Waals surface area contributed by atoms with Gasteiger partial charge in [-0.05, 0) is 27.7 Å². The number of nitrogens with zero attached hydrogens (tertiary/aromatic N) is 1. The first-order chi connectivity index (χ1) is 8.19. The summed E-state index contributed by atoms with van der Waals surface area (Å²) in [5, 5.41) is 0.774. The quantitative estimate of drug-likeness (QED) is 0.580. The summed E-state index contributed by atoms with van der Waals surface area (Å²) >= 11 is 1.60. The molecule has 0 atom stereocenters. The van der Waals surface area contributed by atoms with Crippen LogP contribution in [-0.4, -0.2) is 30.8 Å². The van der Waals surface area contributed by atoms with Crippen molar-refractivity contribution in [2.45, 2.75) is 59.5 Å². The summed E-state index contributed by atoms with van der Waals surface area (Å²) in [4.78, 5) is 5.63. The molecule has 18 heavy (non-hydrogen) atoms. The second-order valence-corrected chi connectivity index (χ2v) is 5.49. The Morgan fingerprint density at radius 1 is 1.17 bits per heavy atom. The number of rotatable bonds is 6. The third kappa shape index (κ3) is 4.86. The zero-order valence-electron chi connectivity index (χ0n) is 11.2. The Balaban J connectivity index is 2.82. The lowest BCUT2D eigenvalue weighted by molar-refractivity contribution is -0.180. The molecule has 0 saturated heterocycles. The predicted molar refractivity (Wildman–Crippen MR) is 78.4 cm³/mol. The molecular formula is C12H23BNO3S-. The first-order valence-electron chi connectivity index (χ1n) is 5.70. The van der Waals surface area contributed by atoms with Crippen molar-refractivity contribution >= 4 is 24.1 Å². The van der Waals surface area contributed by atoms with Gasteiger partial charge in [0.05, 0.1) is 12.2 Å². The third-order valence-electron chi connectivity index (χ3n) is 1.66. The van der Waals surface area contributed by atoms with Crippen LogP contribution in [0.4, 0.5) is 0 Å². The molecule has 0 radical (unpaired) electrons. The van der Waals surface area contributed by atoms with Gasteiger partial charge < -0.3 is 14.2 Å². The molecule has 0 aliphatic rings. The number of aromatic nitrogens is 1. The van der Waals surface area contributed by atoms with Crippen LogP contribution >= 0.6 is 11.3 Å². The van der Waals surface area contributed by atoms with Crippen molar-refractivity contribution in [1.29, 1.82) is 0 Å². The van der Waals surface area contributed by atoms with Gasteiger partial charge in [-0.2, -0.15) is 0 Å². The van der Waals surface area contributed by atoms with Crippen LogP contribution in [0.3, 0.4) is 0 Å². The smallest absolute Gasteiger partial charge is 0.268 e. The van der Waals surface area contributed by atoms with Crippen LogP contribution in [0, 0.1) is 0 Å². The Hall–Kier alpha value is -0.745. The van der Waals surface area contributed by atoms with Crippen LogP contribution in [-0.2, 0) is 4.74 Å². The first-order valence-corrected chi connectivity index (χ1v) is 6.52. The fourth-order valence-electron chi connectivity index (χ4n) is 1.37. The minimum absolute atomic E-state index is 0.0564. The second kappa shape index (κ2) is 5.93. The van der Waals surface area contributed by atoms with Crippen LogP contribution in [0.5, 0.6) is 10.9 Å². The molecule has 6 heteroatoms. The molecule has 0 amide bonds. The molecule has 0 aromatic carbocycles. The Morgan fingerprint density at radius 3 is 2.28 bits per heavy atom. The van der Waals surface area contributed by atoms with E-state index in [9.17, 15) is 0 Å². The van der Waals surface area contributed by atoms with Crippen molar-refractivity contribution in [2.24, 2.45) is 0 Å². The highest BCUT2D eigenvalue weighted by molar-refractivity contribution is 7.21. The van der Waals surface area contributed by atoms with Gasteiger partial charge >= 0.3 is 0 Å². The summed E-state index contributed by atoms with van der Waals surface area (Å²) in [5.74, 6) is -0.117. The van der Waals surface area contributed by atoms with Gasteiger partial charge in [0.15, 0.2) is 0 Å². The van der Waals surface area contributed by atoms with E-state index >= 15 is 0 Å². The summed E-state index contributed by atoms with van der Waals surface area (Å²) in [6.07, 6.45) is 0.234. The molecule has 0 fully saturated rings. The minimum atomic E-state index is -0.691. The average molecular weight is 272 g/mol. The average Bonchev–Trinajstić information content (AvgIpc) is 2.41. The second-order valence-electron chi connectivity index (χ2n) is 4.73. The van der Waals surface area contributed by atoms with Crippen molar-refractivity contribution in [3.8, 4) is 10.9 Å². The molecule has 1 aromatic heterocycles. The summed E-state index contributed by atoms with van der Waals surface area (Å²) in [6, 6.07) is 0. The van der Waals surface area contributed by atoms with Gasteiger partial charge in [0.1, 0.15) is 0 Å². The van der Waals surface area contributed by atoms with E-state index < -0.39 is 5.79 Å². The maximum atomic E-state index is 5.86. The third-order valence-corrected chi connectivity index (χ3v) is 2.30. The van der Waals surface area contributed by atoms with Crippen molar-refractivity contribution in [3.63, 3.8) is 0 Å². The summed E-state index contributed by atoms with van der Waals surface area (Å²) in [7, 11) is 0.0564. The zero-order valence-corrected chi connectivity index (χ0v) is 12.1. The Kier molecular flexibility index (Phi) is 5.05. The standard InChI is InChI=1S/C12H23BNO3S/c1-7(2)15-10-9(14-11(13)18-10)17-12(5,6)16-8(3)4/h7-8H,1-6,13H3/q-1. The van der Waals surface area contributed by atoms with Gasteiger partial charge in [-0.1, -0.05) is 4.91 Å². The van der Waals surface area contributed by atoms with E-state index in [1.54, 1.807) is 11.3 Å². The molecule has 4 nitrogen and oxygen atoms in total. The summed E-state index contributed by atoms with van der Waals surface area (Å²) < 4.78 is 17.3. The van der Waals surface area contributed by atoms with Gasteiger partial charge in [-0.15, -0.1) is 11.3 Å². The molecule has 0 bridgehead atoms. The van der Waals surface area contributed by atoms with Crippen molar-refractivity contribution in [3.05, 3.63) is 0 Å². The Bertz CT molecular complexity index is 391. The number of hydrogen-bond acceptors (Lipinski definition) is 5. The number of hydrogen-bond donors (Lipinski definition) is 0. The summed E-state index contributed by atoms with van der Waals surface area (Å²) in [5.41, 5.74) is 0. The molecule has 0 N–H and O–H groups in total. The molecule has 1 rings (SSSR count). The maximum absolute atomic E-state index is 5.86. The number of ether oxygens (including phenoxy) is 3. The molecule has 1 aromatic rings. The molecule has 0 saturated carbocycles. The summed E-state index contributed by atoms with van der Waals surface area (Å²) in [6.45, 7) is 11.8. The van der Waals surface area contributed by atoms with Crippen molar-refractivity contribution in [1.82, 2.24) is 4.98 Å². The SMILES string of the molecule is [BH3-]c1nc(OC(C)(C)OC(C)C)c(OC(C)C)s1. The van der Waals surface area contributed by atoms with Gasteiger partial charge in [-0.25, -0.2) is 4.98 Å². The van der Waals surface area contributed by atoms with Crippen molar-refractivity contribution < 1.29 is 14.2 Å². The molecule has 1 heterocycles. The van der Waals surface area contributed by atoms with Crippen LogP contribution in [0.15, 0.2) is 0 Å². The normalized spacial score (nSPS) is 12.3. The van der Waals surface area contributed by atoms with Gasteiger partial charge in [-0.3, -0.25) is 0 Å². The zero-order chi connectivity index (χ0) is 13.9. The highest BCUT2D eigenvalue weighted by Crippen LogP contribution is 2.33. The van der Waals surface area contributed by atoms with E-state index in [1.165, 1.54) is 4.91 Å². The van der Waals surface area contributed by atoms with E-state index in [0.29, 0.717) is 5.88 Å².